The van der Waals surface area contributed by atoms with Crippen molar-refractivity contribution in [2.45, 2.75) is 18.9 Å². The molecule has 0 aliphatic heterocycles. The summed E-state index contributed by atoms with van der Waals surface area (Å²) in [5.74, 6) is 0. The van der Waals surface area contributed by atoms with Crippen molar-refractivity contribution in [2.75, 3.05) is 0 Å². The van der Waals surface area contributed by atoms with Gasteiger partial charge in [-0.1, -0.05) is 18.2 Å². The molecule has 0 amide bonds. The lowest BCUT2D eigenvalue weighted by Gasteiger charge is -2.07. The highest BCUT2D eigenvalue weighted by Crippen LogP contribution is 2.10. The number of rotatable bonds is 4. The fourth-order valence-corrected chi connectivity index (χ4v) is 1.55. The van der Waals surface area contributed by atoms with E-state index in [1.807, 2.05) is 30.3 Å². The molecule has 1 aromatic carbocycles. The molecule has 0 saturated carbocycles. The summed E-state index contributed by atoms with van der Waals surface area (Å²) in [5, 5.41) is 4.12. The third kappa shape index (κ3) is 2.88. The Kier molecular flexibility index (Phi) is 3.49. The molecule has 0 bridgehead atoms. The lowest BCUT2D eigenvalue weighted by molar-refractivity contribution is 0.116. The molecule has 0 spiro atoms. The molecule has 1 unspecified atom stereocenters. The van der Waals surface area contributed by atoms with Crippen LogP contribution in [0, 0.1) is 0 Å². The molecule has 1 aromatic heterocycles. The second-order valence-electron chi connectivity index (χ2n) is 3.83. The van der Waals surface area contributed by atoms with Gasteiger partial charge in [-0.05, 0) is 24.1 Å². The molecule has 0 fully saturated rings. The highest BCUT2D eigenvalue weighted by Gasteiger charge is 2.16. The Morgan fingerprint density at radius 1 is 1.24 bits per heavy atom. The van der Waals surface area contributed by atoms with E-state index in [-0.39, 0.29) is 6.42 Å². The number of alkyl halides is 2. The Balaban J connectivity index is 2.12. The van der Waals surface area contributed by atoms with E-state index in [1.165, 1.54) is 0 Å². The molecule has 0 radical (unpaired) electrons. The molecule has 1 atom stereocenters. The van der Waals surface area contributed by atoms with E-state index in [4.69, 9.17) is 5.73 Å². The second-order valence-corrected chi connectivity index (χ2v) is 3.83. The molecule has 0 saturated heterocycles. The largest absolute Gasteiger partial charge is 0.323 e. The lowest BCUT2D eigenvalue weighted by atomic mass is 10.1. The SMILES string of the molecule is NC(Cc1cnn(-c2ccccc2)c1)C(F)F. The minimum atomic E-state index is -2.50. The van der Waals surface area contributed by atoms with Gasteiger partial charge in [-0.15, -0.1) is 0 Å². The van der Waals surface area contributed by atoms with Gasteiger partial charge in [-0.2, -0.15) is 5.10 Å². The predicted octanol–water partition coefficient (Wildman–Crippen LogP) is 2.01. The molecule has 2 N–H and O–H groups in total. The van der Waals surface area contributed by atoms with Gasteiger partial charge < -0.3 is 5.73 Å². The molecule has 0 aliphatic rings. The zero-order valence-electron chi connectivity index (χ0n) is 9.13. The molecule has 3 nitrogen and oxygen atoms in total. The van der Waals surface area contributed by atoms with Gasteiger partial charge in [0.15, 0.2) is 0 Å². The minimum Gasteiger partial charge on any atom is -0.323 e. The van der Waals surface area contributed by atoms with E-state index < -0.39 is 12.5 Å². The van der Waals surface area contributed by atoms with Crippen molar-refractivity contribution in [1.82, 2.24) is 9.78 Å². The highest BCUT2D eigenvalue weighted by atomic mass is 19.3. The predicted molar refractivity (Wildman–Crippen MR) is 61.2 cm³/mol. The van der Waals surface area contributed by atoms with E-state index in [2.05, 4.69) is 5.10 Å². The molecular weight excluding hydrogens is 224 g/mol. The maximum atomic E-state index is 12.3. The van der Waals surface area contributed by atoms with Gasteiger partial charge in [-0.3, -0.25) is 0 Å². The van der Waals surface area contributed by atoms with Crippen molar-refractivity contribution >= 4 is 0 Å². The topological polar surface area (TPSA) is 43.8 Å². The number of benzene rings is 1. The van der Waals surface area contributed by atoms with Gasteiger partial charge in [0.1, 0.15) is 0 Å². The van der Waals surface area contributed by atoms with Crippen LogP contribution in [-0.4, -0.2) is 22.2 Å². The third-order valence-electron chi connectivity index (χ3n) is 2.45. The average molecular weight is 237 g/mol. The van der Waals surface area contributed by atoms with Crippen LogP contribution in [0.15, 0.2) is 42.7 Å². The quantitative estimate of drug-likeness (QED) is 0.884. The molecule has 1 heterocycles. The van der Waals surface area contributed by atoms with E-state index in [0.717, 1.165) is 5.69 Å². The van der Waals surface area contributed by atoms with Crippen molar-refractivity contribution in [1.29, 1.82) is 0 Å². The Hall–Kier alpha value is -1.75. The van der Waals surface area contributed by atoms with Crippen LogP contribution in [0.3, 0.4) is 0 Å². The average Bonchev–Trinajstić information content (AvgIpc) is 2.78. The van der Waals surface area contributed by atoms with Gasteiger partial charge in [0, 0.05) is 6.20 Å². The summed E-state index contributed by atoms with van der Waals surface area (Å²) in [4.78, 5) is 0. The summed E-state index contributed by atoms with van der Waals surface area (Å²) >= 11 is 0. The maximum Gasteiger partial charge on any atom is 0.253 e. The first kappa shape index (κ1) is 11.7. The summed E-state index contributed by atoms with van der Waals surface area (Å²) in [6.45, 7) is 0. The fourth-order valence-electron chi connectivity index (χ4n) is 1.55. The van der Waals surface area contributed by atoms with Crippen LogP contribution < -0.4 is 5.73 Å². The van der Waals surface area contributed by atoms with Crippen LogP contribution in [0.4, 0.5) is 8.78 Å². The summed E-state index contributed by atoms with van der Waals surface area (Å²) in [6.07, 6.45) is 0.909. The molecule has 0 aliphatic carbocycles. The Bertz CT molecular complexity index is 468. The van der Waals surface area contributed by atoms with Crippen LogP contribution in [-0.2, 0) is 6.42 Å². The number of aromatic nitrogens is 2. The standard InChI is InChI=1S/C12H13F2N3/c13-12(14)11(15)6-9-7-16-17(8-9)10-4-2-1-3-5-10/h1-5,7-8,11-12H,6,15H2. The monoisotopic (exact) mass is 237 g/mol. The van der Waals surface area contributed by atoms with E-state index >= 15 is 0 Å². The molecule has 2 aromatic rings. The number of hydrogen-bond donors (Lipinski definition) is 1. The lowest BCUT2D eigenvalue weighted by Crippen LogP contribution is -2.30. The van der Waals surface area contributed by atoms with Crippen molar-refractivity contribution < 1.29 is 8.78 Å². The van der Waals surface area contributed by atoms with Gasteiger partial charge in [0.2, 0.25) is 0 Å². The van der Waals surface area contributed by atoms with Crippen LogP contribution in [0.25, 0.3) is 5.69 Å². The fraction of sp³-hybridized carbons (Fsp3) is 0.250. The van der Waals surface area contributed by atoms with Crippen molar-refractivity contribution in [3.63, 3.8) is 0 Å². The van der Waals surface area contributed by atoms with Crippen LogP contribution in [0.5, 0.6) is 0 Å². The van der Waals surface area contributed by atoms with Crippen LogP contribution >= 0.6 is 0 Å². The first-order chi connectivity index (χ1) is 8.16. The molecule has 2 rings (SSSR count). The van der Waals surface area contributed by atoms with Crippen LogP contribution in [0.2, 0.25) is 0 Å². The van der Waals surface area contributed by atoms with Gasteiger partial charge in [0.25, 0.3) is 6.43 Å². The van der Waals surface area contributed by atoms with E-state index in [0.29, 0.717) is 5.56 Å². The molecule has 5 heteroatoms. The normalized spacial score (nSPS) is 12.9. The maximum absolute atomic E-state index is 12.3. The third-order valence-corrected chi connectivity index (χ3v) is 2.45. The summed E-state index contributed by atoms with van der Waals surface area (Å²) in [5.41, 5.74) is 6.91. The van der Waals surface area contributed by atoms with Crippen molar-refractivity contribution in [2.24, 2.45) is 5.73 Å². The van der Waals surface area contributed by atoms with Crippen LogP contribution in [0.1, 0.15) is 5.56 Å². The summed E-state index contributed by atoms with van der Waals surface area (Å²) in [6, 6.07) is 8.33. The Labute approximate surface area is 97.9 Å². The van der Waals surface area contributed by atoms with E-state index in [1.54, 1.807) is 17.1 Å². The van der Waals surface area contributed by atoms with Gasteiger partial charge >= 0.3 is 0 Å². The number of nitrogens with two attached hydrogens (primary N) is 1. The smallest absolute Gasteiger partial charge is 0.253 e. The van der Waals surface area contributed by atoms with Gasteiger partial charge in [0.05, 0.1) is 17.9 Å². The van der Waals surface area contributed by atoms with Crippen molar-refractivity contribution in [3.8, 4) is 5.69 Å². The molecule has 17 heavy (non-hydrogen) atoms. The molecular formula is C12H13F2N3. The number of para-hydroxylation sites is 1. The number of halogens is 2. The number of hydrogen-bond acceptors (Lipinski definition) is 2. The minimum absolute atomic E-state index is 0.129. The highest BCUT2D eigenvalue weighted by molar-refractivity contribution is 5.31. The summed E-state index contributed by atoms with van der Waals surface area (Å²) in [7, 11) is 0. The van der Waals surface area contributed by atoms with E-state index in [9.17, 15) is 8.78 Å². The zero-order chi connectivity index (χ0) is 12.3. The first-order valence-electron chi connectivity index (χ1n) is 5.29. The van der Waals surface area contributed by atoms with Gasteiger partial charge in [-0.25, -0.2) is 13.5 Å². The molecule has 90 valence electrons. The second kappa shape index (κ2) is 5.05. The summed E-state index contributed by atoms with van der Waals surface area (Å²) < 4.78 is 26.2. The zero-order valence-corrected chi connectivity index (χ0v) is 9.13. The van der Waals surface area contributed by atoms with Crippen molar-refractivity contribution in [3.05, 3.63) is 48.3 Å². The first-order valence-corrected chi connectivity index (χ1v) is 5.29. The Morgan fingerprint density at radius 2 is 1.94 bits per heavy atom. The number of nitrogens with zero attached hydrogens (tertiary/aromatic N) is 2. The Morgan fingerprint density at radius 3 is 2.59 bits per heavy atom.